The molecule has 2 rings (SSSR count). The van der Waals surface area contributed by atoms with Crippen LogP contribution >= 0.6 is 0 Å². The Bertz CT molecular complexity index is 544. The second kappa shape index (κ2) is 6.39. The summed E-state index contributed by atoms with van der Waals surface area (Å²) in [4.78, 5) is 37.5. The van der Waals surface area contributed by atoms with Gasteiger partial charge in [0.05, 0.1) is 6.54 Å². The molecule has 21 heavy (non-hydrogen) atoms. The van der Waals surface area contributed by atoms with Gasteiger partial charge in [-0.05, 0) is 5.56 Å². The van der Waals surface area contributed by atoms with E-state index >= 15 is 0 Å². The number of ketones is 1. The van der Waals surface area contributed by atoms with E-state index in [1.54, 1.807) is 0 Å². The van der Waals surface area contributed by atoms with Crippen LogP contribution in [-0.4, -0.2) is 58.9 Å². The van der Waals surface area contributed by atoms with E-state index in [9.17, 15) is 14.4 Å². The first-order chi connectivity index (χ1) is 9.99. The van der Waals surface area contributed by atoms with Gasteiger partial charge < -0.3 is 10.0 Å². The van der Waals surface area contributed by atoms with E-state index in [1.807, 2.05) is 30.3 Å². The molecule has 1 fully saturated rings. The summed E-state index contributed by atoms with van der Waals surface area (Å²) in [6.07, 6.45) is -0.511. The van der Waals surface area contributed by atoms with E-state index < -0.39 is 12.1 Å². The first kappa shape index (κ1) is 15.0. The van der Waals surface area contributed by atoms with Crippen molar-refractivity contribution in [2.75, 3.05) is 20.1 Å². The zero-order chi connectivity index (χ0) is 15.4. The maximum atomic E-state index is 12.5. The minimum atomic E-state index is -1.16. The topological polar surface area (TPSA) is 77.9 Å². The molecular formula is C15H18N2O4. The van der Waals surface area contributed by atoms with Gasteiger partial charge in [-0.3, -0.25) is 14.5 Å². The molecule has 2 amide bonds. The Morgan fingerprint density at radius 2 is 2.00 bits per heavy atom. The quantitative estimate of drug-likeness (QED) is 0.897. The Morgan fingerprint density at radius 1 is 1.33 bits per heavy atom. The van der Waals surface area contributed by atoms with Gasteiger partial charge in [-0.15, -0.1) is 0 Å². The summed E-state index contributed by atoms with van der Waals surface area (Å²) < 4.78 is 0. The highest BCUT2D eigenvalue weighted by molar-refractivity contribution is 5.92. The minimum absolute atomic E-state index is 0.0137. The lowest BCUT2D eigenvalue weighted by Gasteiger charge is -2.28. The molecule has 1 aliphatic rings. The molecule has 1 aliphatic heterocycles. The predicted octanol–water partition coefficient (Wildman–Crippen LogP) is 1.01. The van der Waals surface area contributed by atoms with Crippen molar-refractivity contribution in [1.29, 1.82) is 0 Å². The highest BCUT2D eigenvalue weighted by Gasteiger charge is 2.33. The fourth-order valence-corrected chi connectivity index (χ4v) is 2.39. The van der Waals surface area contributed by atoms with Gasteiger partial charge in [-0.2, -0.15) is 0 Å². The Kier molecular flexibility index (Phi) is 4.57. The number of rotatable bonds is 4. The molecule has 0 saturated carbocycles. The molecule has 0 bridgehead atoms. The van der Waals surface area contributed by atoms with E-state index in [-0.39, 0.29) is 18.2 Å². The van der Waals surface area contributed by atoms with Crippen LogP contribution in [0.25, 0.3) is 0 Å². The molecule has 0 unspecified atom stereocenters. The Labute approximate surface area is 123 Å². The molecule has 6 nitrogen and oxygen atoms in total. The fourth-order valence-electron chi connectivity index (χ4n) is 2.39. The van der Waals surface area contributed by atoms with Crippen molar-refractivity contribution in [3.05, 3.63) is 35.9 Å². The standard InChI is InChI=1S/C15H18N2O4/c1-16(15(20)21)13(9-11-5-3-2-4-6-11)14(19)17-8-7-12(18)10-17/h2-6,13H,7-10H2,1H3,(H,20,21)/t13-/m1/s1. The van der Waals surface area contributed by atoms with Crippen LogP contribution in [0.4, 0.5) is 4.79 Å². The Hall–Kier alpha value is -2.37. The van der Waals surface area contributed by atoms with E-state index in [2.05, 4.69) is 0 Å². The van der Waals surface area contributed by atoms with Crippen LogP contribution < -0.4 is 0 Å². The third-order valence-electron chi connectivity index (χ3n) is 3.67. The third-order valence-corrected chi connectivity index (χ3v) is 3.67. The van der Waals surface area contributed by atoms with E-state index in [4.69, 9.17) is 5.11 Å². The number of nitrogens with zero attached hydrogens (tertiary/aromatic N) is 2. The summed E-state index contributed by atoms with van der Waals surface area (Å²) in [5.74, 6) is -0.297. The van der Waals surface area contributed by atoms with Gasteiger partial charge in [0, 0.05) is 26.4 Å². The second-order valence-corrected chi connectivity index (χ2v) is 5.15. The van der Waals surface area contributed by atoms with Crippen LogP contribution in [0, 0.1) is 0 Å². The number of carboxylic acid groups (broad SMARTS) is 1. The largest absolute Gasteiger partial charge is 0.465 e. The molecule has 1 saturated heterocycles. The number of hydrogen-bond donors (Lipinski definition) is 1. The van der Waals surface area contributed by atoms with Crippen LogP contribution in [-0.2, 0) is 16.0 Å². The van der Waals surface area contributed by atoms with Crippen molar-refractivity contribution in [2.24, 2.45) is 0 Å². The number of likely N-dealkylation sites (tertiary alicyclic amines) is 1. The normalized spacial score (nSPS) is 15.9. The molecule has 1 heterocycles. The number of likely N-dealkylation sites (N-methyl/N-ethyl adjacent to an activating group) is 1. The maximum absolute atomic E-state index is 12.5. The molecule has 112 valence electrons. The molecule has 1 N–H and O–H groups in total. The van der Waals surface area contributed by atoms with Gasteiger partial charge in [0.25, 0.3) is 0 Å². The number of amides is 2. The lowest BCUT2D eigenvalue weighted by atomic mass is 10.0. The monoisotopic (exact) mass is 290 g/mol. The van der Waals surface area contributed by atoms with Crippen LogP contribution in [0.5, 0.6) is 0 Å². The number of hydrogen-bond acceptors (Lipinski definition) is 3. The molecule has 1 aromatic rings. The first-order valence-electron chi connectivity index (χ1n) is 6.79. The van der Waals surface area contributed by atoms with Crippen LogP contribution in [0.3, 0.4) is 0 Å². The van der Waals surface area contributed by atoms with Gasteiger partial charge in [0.1, 0.15) is 6.04 Å². The second-order valence-electron chi connectivity index (χ2n) is 5.15. The van der Waals surface area contributed by atoms with Crippen molar-refractivity contribution < 1.29 is 19.5 Å². The first-order valence-corrected chi connectivity index (χ1v) is 6.79. The average Bonchev–Trinajstić information content (AvgIpc) is 2.91. The van der Waals surface area contributed by atoms with Crippen LogP contribution in [0.2, 0.25) is 0 Å². The fraction of sp³-hybridized carbons (Fsp3) is 0.400. The van der Waals surface area contributed by atoms with Crippen LogP contribution in [0.15, 0.2) is 30.3 Å². The number of carbonyl (C=O) groups is 3. The summed E-state index contributed by atoms with van der Waals surface area (Å²) in [5, 5.41) is 9.16. The lowest BCUT2D eigenvalue weighted by molar-refractivity contribution is -0.136. The molecule has 0 spiro atoms. The SMILES string of the molecule is CN(C(=O)O)[C@H](Cc1ccccc1)C(=O)N1CCC(=O)C1. The van der Waals surface area contributed by atoms with Gasteiger partial charge in [0.2, 0.25) is 5.91 Å². The van der Waals surface area contributed by atoms with Gasteiger partial charge in [-0.25, -0.2) is 4.79 Å². The highest BCUT2D eigenvalue weighted by Crippen LogP contribution is 2.14. The van der Waals surface area contributed by atoms with Gasteiger partial charge >= 0.3 is 6.09 Å². The molecule has 6 heteroatoms. The van der Waals surface area contributed by atoms with Gasteiger partial charge in [0.15, 0.2) is 5.78 Å². The van der Waals surface area contributed by atoms with Crippen molar-refractivity contribution in [3.8, 4) is 0 Å². The minimum Gasteiger partial charge on any atom is -0.465 e. The van der Waals surface area contributed by atoms with Crippen LogP contribution in [0.1, 0.15) is 12.0 Å². The molecular weight excluding hydrogens is 272 g/mol. The summed E-state index contributed by atoms with van der Waals surface area (Å²) >= 11 is 0. The lowest BCUT2D eigenvalue weighted by Crippen LogP contribution is -2.49. The average molecular weight is 290 g/mol. The van der Waals surface area contributed by atoms with Crippen molar-refractivity contribution >= 4 is 17.8 Å². The summed E-state index contributed by atoms with van der Waals surface area (Å²) in [6.45, 7) is 0.452. The van der Waals surface area contributed by atoms with E-state index in [1.165, 1.54) is 11.9 Å². The number of Topliss-reactive ketones (excluding diaryl/α,β-unsaturated/α-hetero) is 1. The van der Waals surface area contributed by atoms with E-state index in [0.29, 0.717) is 19.4 Å². The van der Waals surface area contributed by atoms with E-state index in [0.717, 1.165) is 10.5 Å². The zero-order valence-electron chi connectivity index (χ0n) is 11.9. The predicted molar refractivity (Wildman–Crippen MR) is 75.9 cm³/mol. The molecule has 0 radical (unpaired) electrons. The maximum Gasteiger partial charge on any atom is 0.407 e. The Balaban J connectivity index is 2.17. The van der Waals surface area contributed by atoms with Crippen molar-refractivity contribution in [3.63, 3.8) is 0 Å². The summed E-state index contributed by atoms with van der Waals surface area (Å²) in [6, 6.07) is 8.45. The smallest absolute Gasteiger partial charge is 0.407 e. The summed E-state index contributed by atoms with van der Waals surface area (Å²) in [5.41, 5.74) is 0.884. The number of benzene rings is 1. The zero-order valence-corrected chi connectivity index (χ0v) is 11.9. The molecule has 0 aromatic heterocycles. The molecule has 0 aliphatic carbocycles. The summed E-state index contributed by atoms with van der Waals surface area (Å²) in [7, 11) is 1.38. The third kappa shape index (κ3) is 3.59. The molecule has 1 atom stereocenters. The van der Waals surface area contributed by atoms with Gasteiger partial charge in [-0.1, -0.05) is 30.3 Å². The van der Waals surface area contributed by atoms with Crippen molar-refractivity contribution in [2.45, 2.75) is 18.9 Å². The highest BCUT2D eigenvalue weighted by atomic mass is 16.4. The Morgan fingerprint density at radius 3 is 2.52 bits per heavy atom. The number of carbonyl (C=O) groups excluding carboxylic acids is 2. The molecule has 1 aromatic carbocycles. The van der Waals surface area contributed by atoms with Crippen molar-refractivity contribution in [1.82, 2.24) is 9.80 Å².